The molecule has 0 aromatic heterocycles. The molecule has 1 heteroatoms. The molecule has 0 aliphatic heterocycles. The summed E-state index contributed by atoms with van der Waals surface area (Å²) in [5, 5.41) is 8.74. The van der Waals surface area contributed by atoms with Gasteiger partial charge in [0, 0.05) is 6.61 Å². The molecule has 0 bridgehead atoms. The molecule has 0 radical (unpaired) electrons. The number of aliphatic hydroxyl groups excluding tert-OH is 1. The van der Waals surface area contributed by atoms with E-state index in [0.717, 1.165) is 18.3 Å². The zero-order valence-corrected chi connectivity index (χ0v) is 6.84. The molecule has 1 N–H and O–H groups in total. The van der Waals surface area contributed by atoms with Crippen LogP contribution < -0.4 is 0 Å². The van der Waals surface area contributed by atoms with Gasteiger partial charge in [0.15, 0.2) is 0 Å². The minimum absolute atomic E-state index is 0.384. The molecule has 0 heterocycles. The summed E-state index contributed by atoms with van der Waals surface area (Å²) in [4.78, 5) is 0. The van der Waals surface area contributed by atoms with E-state index in [1.807, 2.05) is 0 Å². The fourth-order valence-electron chi connectivity index (χ4n) is 1.99. The molecule has 60 valence electrons. The van der Waals surface area contributed by atoms with Crippen LogP contribution in [0.5, 0.6) is 0 Å². The van der Waals surface area contributed by atoms with Gasteiger partial charge >= 0.3 is 0 Å². The standard InChI is InChI=1S/C9H18O/c1-8-4-2-3-5-9(8)6-7-10/h8-10H,2-7H2,1H3/t8-,9?/m0/s1. The summed E-state index contributed by atoms with van der Waals surface area (Å²) >= 11 is 0. The van der Waals surface area contributed by atoms with Crippen molar-refractivity contribution in [3.8, 4) is 0 Å². The Balaban J connectivity index is 2.25. The van der Waals surface area contributed by atoms with Crippen molar-refractivity contribution in [3.63, 3.8) is 0 Å². The summed E-state index contributed by atoms with van der Waals surface area (Å²) in [6.45, 7) is 2.70. The van der Waals surface area contributed by atoms with Crippen molar-refractivity contribution < 1.29 is 5.11 Å². The molecule has 0 aromatic carbocycles. The van der Waals surface area contributed by atoms with E-state index in [4.69, 9.17) is 5.11 Å². The SMILES string of the molecule is C[C@H]1CCCCC1CCO. The normalized spacial score (nSPS) is 34.2. The summed E-state index contributed by atoms with van der Waals surface area (Å²) in [6, 6.07) is 0. The topological polar surface area (TPSA) is 20.2 Å². The lowest BCUT2D eigenvalue weighted by Crippen LogP contribution is -2.17. The molecule has 0 aromatic rings. The number of aliphatic hydroxyl groups is 1. The van der Waals surface area contributed by atoms with Gasteiger partial charge < -0.3 is 5.11 Å². The number of hydrogen-bond donors (Lipinski definition) is 1. The highest BCUT2D eigenvalue weighted by Crippen LogP contribution is 2.31. The fraction of sp³-hybridized carbons (Fsp3) is 1.00. The van der Waals surface area contributed by atoms with Gasteiger partial charge in [-0.3, -0.25) is 0 Å². The van der Waals surface area contributed by atoms with Crippen molar-refractivity contribution in [3.05, 3.63) is 0 Å². The van der Waals surface area contributed by atoms with E-state index in [1.165, 1.54) is 25.7 Å². The van der Waals surface area contributed by atoms with Gasteiger partial charge in [0.2, 0.25) is 0 Å². The molecule has 1 nitrogen and oxygen atoms in total. The fourth-order valence-corrected chi connectivity index (χ4v) is 1.99. The Bertz CT molecular complexity index is 88.7. The second-order valence-corrected chi connectivity index (χ2v) is 3.53. The predicted octanol–water partition coefficient (Wildman–Crippen LogP) is 2.20. The van der Waals surface area contributed by atoms with Crippen molar-refractivity contribution in [2.45, 2.75) is 39.0 Å². The van der Waals surface area contributed by atoms with E-state index >= 15 is 0 Å². The quantitative estimate of drug-likeness (QED) is 0.626. The maximum absolute atomic E-state index is 8.74. The zero-order chi connectivity index (χ0) is 7.40. The van der Waals surface area contributed by atoms with Crippen LogP contribution in [0, 0.1) is 11.8 Å². The molecule has 0 spiro atoms. The molecule has 2 atom stereocenters. The highest BCUT2D eigenvalue weighted by molar-refractivity contribution is 4.71. The van der Waals surface area contributed by atoms with Crippen molar-refractivity contribution in [1.82, 2.24) is 0 Å². The molecule has 1 aliphatic rings. The minimum atomic E-state index is 0.384. The van der Waals surface area contributed by atoms with E-state index in [9.17, 15) is 0 Å². The van der Waals surface area contributed by atoms with Crippen LogP contribution >= 0.6 is 0 Å². The van der Waals surface area contributed by atoms with Gasteiger partial charge in [0.05, 0.1) is 0 Å². The van der Waals surface area contributed by atoms with Crippen LogP contribution in [0.3, 0.4) is 0 Å². The lowest BCUT2D eigenvalue weighted by Gasteiger charge is -2.27. The average molecular weight is 142 g/mol. The Hall–Kier alpha value is -0.0400. The highest BCUT2D eigenvalue weighted by atomic mass is 16.3. The predicted molar refractivity (Wildman–Crippen MR) is 42.8 cm³/mol. The van der Waals surface area contributed by atoms with Crippen LogP contribution in [0.15, 0.2) is 0 Å². The van der Waals surface area contributed by atoms with Gasteiger partial charge in [-0.15, -0.1) is 0 Å². The summed E-state index contributed by atoms with van der Waals surface area (Å²) in [7, 11) is 0. The van der Waals surface area contributed by atoms with Crippen molar-refractivity contribution >= 4 is 0 Å². The van der Waals surface area contributed by atoms with Gasteiger partial charge in [0.1, 0.15) is 0 Å². The highest BCUT2D eigenvalue weighted by Gasteiger charge is 2.19. The van der Waals surface area contributed by atoms with Gasteiger partial charge in [0.25, 0.3) is 0 Å². The van der Waals surface area contributed by atoms with E-state index < -0.39 is 0 Å². The molecular formula is C9H18O. The van der Waals surface area contributed by atoms with Crippen molar-refractivity contribution in [2.24, 2.45) is 11.8 Å². The van der Waals surface area contributed by atoms with Crippen LogP contribution in [-0.4, -0.2) is 11.7 Å². The first-order valence-corrected chi connectivity index (χ1v) is 4.45. The maximum Gasteiger partial charge on any atom is 0.0433 e. The summed E-state index contributed by atoms with van der Waals surface area (Å²) in [5.74, 6) is 1.68. The van der Waals surface area contributed by atoms with Crippen LogP contribution in [0.2, 0.25) is 0 Å². The summed E-state index contributed by atoms with van der Waals surface area (Å²) < 4.78 is 0. The van der Waals surface area contributed by atoms with E-state index in [1.54, 1.807) is 0 Å². The Labute approximate surface area is 63.4 Å². The van der Waals surface area contributed by atoms with E-state index in [2.05, 4.69) is 6.92 Å². The molecule has 10 heavy (non-hydrogen) atoms. The van der Waals surface area contributed by atoms with Crippen LogP contribution in [-0.2, 0) is 0 Å². The third-order valence-corrected chi connectivity index (χ3v) is 2.79. The van der Waals surface area contributed by atoms with Crippen LogP contribution in [0.4, 0.5) is 0 Å². The second kappa shape index (κ2) is 3.97. The Kier molecular flexibility index (Phi) is 3.20. The number of hydrogen-bond acceptors (Lipinski definition) is 1. The first-order chi connectivity index (χ1) is 4.84. The molecule has 1 aliphatic carbocycles. The smallest absolute Gasteiger partial charge is 0.0433 e. The van der Waals surface area contributed by atoms with E-state index in [0.29, 0.717) is 6.61 Å². The van der Waals surface area contributed by atoms with E-state index in [-0.39, 0.29) is 0 Å². The number of rotatable bonds is 2. The Morgan fingerprint density at radius 1 is 1.30 bits per heavy atom. The van der Waals surface area contributed by atoms with Gasteiger partial charge in [-0.25, -0.2) is 0 Å². The van der Waals surface area contributed by atoms with Gasteiger partial charge in [-0.2, -0.15) is 0 Å². The molecule has 0 saturated heterocycles. The molecular weight excluding hydrogens is 124 g/mol. The Morgan fingerprint density at radius 3 is 2.60 bits per heavy atom. The lowest BCUT2D eigenvalue weighted by molar-refractivity contribution is 0.186. The van der Waals surface area contributed by atoms with Gasteiger partial charge in [-0.1, -0.05) is 32.6 Å². The first kappa shape index (κ1) is 8.06. The van der Waals surface area contributed by atoms with Crippen molar-refractivity contribution in [1.29, 1.82) is 0 Å². The monoisotopic (exact) mass is 142 g/mol. The van der Waals surface area contributed by atoms with Gasteiger partial charge in [-0.05, 0) is 18.3 Å². The molecule has 1 unspecified atom stereocenters. The average Bonchev–Trinajstić information content (AvgIpc) is 1.94. The summed E-state index contributed by atoms with van der Waals surface area (Å²) in [6.07, 6.45) is 6.55. The third kappa shape index (κ3) is 1.98. The minimum Gasteiger partial charge on any atom is -0.396 e. The maximum atomic E-state index is 8.74. The largest absolute Gasteiger partial charge is 0.396 e. The molecule has 1 fully saturated rings. The zero-order valence-electron chi connectivity index (χ0n) is 6.84. The Morgan fingerprint density at radius 2 is 2.00 bits per heavy atom. The summed E-state index contributed by atoms with van der Waals surface area (Å²) in [5.41, 5.74) is 0. The second-order valence-electron chi connectivity index (χ2n) is 3.53. The van der Waals surface area contributed by atoms with Crippen LogP contribution in [0.25, 0.3) is 0 Å². The first-order valence-electron chi connectivity index (χ1n) is 4.45. The third-order valence-electron chi connectivity index (χ3n) is 2.79. The molecule has 1 rings (SSSR count). The molecule has 1 saturated carbocycles. The van der Waals surface area contributed by atoms with Crippen LogP contribution in [0.1, 0.15) is 39.0 Å². The molecule has 0 amide bonds. The lowest BCUT2D eigenvalue weighted by atomic mass is 9.79. The van der Waals surface area contributed by atoms with Crippen molar-refractivity contribution in [2.75, 3.05) is 6.61 Å².